The summed E-state index contributed by atoms with van der Waals surface area (Å²) in [5.74, 6) is 0.931. The number of nitrogens with one attached hydrogen (secondary N) is 2. The van der Waals surface area contributed by atoms with Gasteiger partial charge in [0, 0.05) is 45.8 Å². The zero-order chi connectivity index (χ0) is 21.1. The van der Waals surface area contributed by atoms with Gasteiger partial charge in [-0.15, -0.1) is 24.0 Å². The lowest BCUT2D eigenvalue weighted by atomic mass is 10.2. The minimum atomic E-state index is -4.33. The molecule has 2 rings (SSSR count). The molecule has 1 fully saturated rings. The Labute approximate surface area is 194 Å². The largest absolute Gasteiger partial charge is 0.484 e. The zero-order valence-corrected chi connectivity index (χ0v) is 20.0. The maximum Gasteiger partial charge on any atom is 0.422 e. The highest BCUT2D eigenvalue weighted by molar-refractivity contribution is 14.0. The van der Waals surface area contributed by atoms with Crippen LogP contribution in [0.5, 0.6) is 5.75 Å². The van der Waals surface area contributed by atoms with Gasteiger partial charge in [-0.05, 0) is 31.2 Å². The Morgan fingerprint density at radius 3 is 2.23 bits per heavy atom. The van der Waals surface area contributed by atoms with Crippen LogP contribution >= 0.6 is 24.0 Å². The van der Waals surface area contributed by atoms with Crippen molar-refractivity contribution in [3.63, 3.8) is 0 Å². The molecule has 1 aliphatic rings. The first-order chi connectivity index (χ1) is 13.9. The standard InChI is InChI=1S/C20H32F3N5O.HI/c1-3-24-19(25-9-10-28-13-11-27(4-2)12-14-28)26-15-17-5-7-18(8-6-17)29-16-20(21,22)23;/h5-8H,3-4,9-16H2,1-2H3,(H2,24,25,26);1H. The summed E-state index contributed by atoms with van der Waals surface area (Å²) >= 11 is 0. The van der Waals surface area contributed by atoms with Gasteiger partial charge in [0.1, 0.15) is 5.75 Å². The van der Waals surface area contributed by atoms with Gasteiger partial charge >= 0.3 is 6.18 Å². The Bertz CT molecular complexity index is 620. The molecular weight excluding hydrogens is 510 g/mol. The van der Waals surface area contributed by atoms with Crippen LogP contribution in [0.3, 0.4) is 0 Å². The number of hydrogen-bond donors (Lipinski definition) is 2. The van der Waals surface area contributed by atoms with Gasteiger partial charge in [0.05, 0.1) is 6.54 Å². The topological polar surface area (TPSA) is 52.1 Å². The van der Waals surface area contributed by atoms with Crippen molar-refractivity contribution in [1.29, 1.82) is 0 Å². The highest BCUT2D eigenvalue weighted by Crippen LogP contribution is 2.19. The first-order valence-corrected chi connectivity index (χ1v) is 10.1. The maximum absolute atomic E-state index is 12.2. The van der Waals surface area contributed by atoms with Crippen LogP contribution in [-0.2, 0) is 6.54 Å². The quantitative estimate of drug-likeness (QED) is 0.285. The summed E-state index contributed by atoms with van der Waals surface area (Å²) in [5.41, 5.74) is 0.900. The molecule has 10 heteroatoms. The minimum absolute atomic E-state index is 0. The van der Waals surface area contributed by atoms with Gasteiger partial charge in [-0.25, -0.2) is 4.99 Å². The number of aliphatic imine (C=N–C) groups is 1. The SMILES string of the molecule is CCNC(=NCc1ccc(OCC(F)(F)F)cc1)NCCN1CCN(CC)CC1.I. The van der Waals surface area contributed by atoms with Gasteiger partial charge < -0.3 is 20.3 Å². The normalized spacial score (nSPS) is 16.1. The van der Waals surface area contributed by atoms with Crippen LogP contribution < -0.4 is 15.4 Å². The Kier molecular flexibility index (Phi) is 12.4. The lowest BCUT2D eigenvalue weighted by molar-refractivity contribution is -0.153. The van der Waals surface area contributed by atoms with Crippen molar-refractivity contribution in [2.24, 2.45) is 4.99 Å². The Morgan fingerprint density at radius 1 is 1.03 bits per heavy atom. The molecule has 6 nitrogen and oxygen atoms in total. The van der Waals surface area contributed by atoms with Crippen LogP contribution in [0.4, 0.5) is 13.2 Å². The summed E-state index contributed by atoms with van der Waals surface area (Å²) in [7, 11) is 0. The van der Waals surface area contributed by atoms with E-state index in [0.717, 1.165) is 63.9 Å². The molecule has 0 aromatic heterocycles. The lowest BCUT2D eigenvalue weighted by Crippen LogP contribution is -2.49. The second-order valence-electron chi connectivity index (χ2n) is 6.95. The smallest absolute Gasteiger partial charge is 0.422 e. The van der Waals surface area contributed by atoms with E-state index < -0.39 is 12.8 Å². The number of nitrogens with zero attached hydrogens (tertiary/aromatic N) is 3. The number of benzene rings is 1. The number of hydrogen-bond acceptors (Lipinski definition) is 4. The van der Waals surface area contributed by atoms with Crippen LogP contribution in [0, 0.1) is 0 Å². The summed E-state index contributed by atoms with van der Waals surface area (Å²) in [5, 5.41) is 6.56. The molecule has 0 radical (unpaired) electrons. The van der Waals surface area contributed by atoms with E-state index in [4.69, 9.17) is 4.74 Å². The lowest BCUT2D eigenvalue weighted by Gasteiger charge is -2.34. The van der Waals surface area contributed by atoms with Gasteiger partial charge in [0.25, 0.3) is 0 Å². The van der Waals surface area contributed by atoms with Crippen molar-refractivity contribution in [2.45, 2.75) is 26.6 Å². The fraction of sp³-hybridized carbons (Fsp3) is 0.650. The monoisotopic (exact) mass is 543 g/mol. The predicted molar refractivity (Wildman–Crippen MR) is 125 cm³/mol. The fourth-order valence-corrected chi connectivity index (χ4v) is 3.03. The van der Waals surface area contributed by atoms with E-state index in [0.29, 0.717) is 6.54 Å². The third kappa shape index (κ3) is 10.7. The Balaban J connectivity index is 0.00000450. The van der Waals surface area contributed by atoms with Crippen LogP contribution in [0.2, 0.25) is 0 Å². The number of rotatable bonds is 9. The average Bonchev–Trinajstić information content (AvgIpc) is 2.71. The van der Waals surface area contributed by atoms with E-state index in [9.17, 15) is 13.2 Å². The maximum atomic E-state index is 12.2. The van der Waals surface area contributed by atoms with Crippen molar-refractivity contribution >= 4 is 29.9 Å². The molecular formula is C20H33F3IN5O. The number of piperazine rings is 1. The van der Waals surface area contributed by atoms with Crippen molar-refractivity contribution < 1.29 is 17.9 Å². The molecule has 0 atom stereocenters. The number of alkyl halides is 3. The molecule has 1 aromatic rings. The first-order valence-electron chi connectivity index (χ1n) is 10.1. The van der Waals surface area contributed by atoms with E-state index in [1.807, 2.05) is 6.92 Å². The molecule has 0 amide bonds. The summed E-state index contributed by atoms with van der Waals surface area (Å²) in [4.78, 5) is 9.45. The number of ether oxygens (including phenoxy) is 1. The van der Waals surface area contributed by atoms with E-state index >= 15 is 0 Å². The number of halogens is 4. The predicted octanol–water partition coefficient (Wildman–Crippen LogP) is 2.94. The molecule has 172 valence electrons. The van der Waals surface area contributed by atoms with Gasteiger partial charge in [-0.2, -0.15) is 13.2 Å². The summed E-state index contributed by atoms with van der Waals surface area (Å²) in [6, 6.07) is 6.53. The Morgan fingerprint density at radius 2 is 1.67 bits per heavy atom. The van der Waals surface area contributed by atoms with Gasteiger partial charge in [-0.3, -0.25) is 4.90 Å². The zero-order valence-electron chi connectivity index (χ0n) is 17.7. The second-order valence-corrected chi connectivity index (χ2v) is 6.95. The van der Waals surface area contributed by atoms with Crippen molar-refractivity contribution in [1.82, 2.24) is 20.4 Å². The number of likely N-dealkylation sites (N-methyl/N-ethyl adjacent to an activating group) is 1. The second kappa shape index (κ2) is 13.9. The Hall–Kier alpha value is -1.27. The van der Waals surface area contributed by atoms with Crippen LogP contribution in [0.15, 0.2) is 29.3 Å². The van der Waals surface area contributed by atoms with E-state index in [2.05, 4.69) is 32.3 Å². The number of guanidine groups is 1. The molecule has 1 aromatic carbocycles. The molecule has 0 aliphatic carbocycles. The third-order valence-electron chi connectivity index (χ3n) is 4.72. The van der Waals surface area contributed by atoms with Crippen molar-refractivity contribution in [3.8, 4) is 5.75 Å². The molecule has 1 saturated heterocycles. The molecule has 0 saturated carbocycles. The third-order valence-corrected chi connectivity index (χ3v) is 4.72. The highest BCUT2D eigenvalue weighted by Gasteiger charge is 2.28. The molecule has 1 aliphatic heterocycles. The fourth-order valence-electron chi connectivity index (χ4n) is 3.03. The van der Waals surface area contributed by atoms with Gasteiger partial charge in [-0.1, -0.05) is 19.1 Å². The van der Waals surface area contributed by atoms with E-state index in [1.54, 1.807) is 12.1 Å². The van der Waals surface area contributed by atoms with Crippen LogP contribution in [0.1, 0.15) is 19.4 Å². The summed E-state index contributed by atoms with van der Waals surface area (Å²) in [6.45, 7) is 11.4. The molecule has 0 spiro atoms. The van der Waals surface area contributed by atoms with Crippen molar-refractivity contribution in [3.05, 3.63) is 29.8 Å². The molecule has 2 N–H and O–H groups in total. The summed E-state index contributed by atoms with van der Waals surface area (Å²) in [6.07, 6.45) is -4.33. The minimum Gasteiger partial charge on any atom is -0.484 e. The first kappa shape index (κ1) is 26.8. The van der Waals surface area contributed by atoms with E-state index in [1.165, 1.54) is 12.1 Å². The van der Waals surface area contributed by atoms with Gasteiger partial charge in [0.2, 0.25) is 0 Å². The van der Waals surface area contributed by atoms with Crippen molar-refractivity contribution in [2.75, 3.05) is 59.0 Å². The molecule has 30 heavy (non-hydrogen) atoms. The van der Waals surface area contributed by atoms with Gasteiger partial charge in [0.15, 0.2) is 12.6 Å². The van der Waals surface area contributed by atoms with E-state index in [-0.39, 0.29) is 29.7 Å². The van der Waals surface area contributed by atoms with Crippen LogP contribution in [0.25, 0.3) is 0 Å². The van der Waals surface area contributed by atoms with Crippen LogP contribution in [-0.4, -0.2) is 80.9 Å². The highest BCUT2D eigenvalue weighted by atomic mass is 127. The average molecular weight is 543 g/mol. The molecule has 0 bridgehead atoms. The molecule has 0 unspecified atom stereocenters. The summed E-state index contributed by atoms with van der Waals surface area (Å²) < 4.78 is 41.3. The molecule has 1 heterocycles.